The molecule has 3 rings (SSSR count). The molecule has 0 aromatic heterocycles. The Morgan fingerprint density at radius 3 is 2.19 bits per heavy atom. The number of halogens is 1. The highest BCUT2D eigenvalue weighted by atomic mass is 32.2. The smallest absolute Gasteiger partial charge is 0.243 e. The highest BCUT2D eigenvalue weighted by Crippen LogP contribution is 2.20. The number of rotatable bonds is 10. The Morgan fingerprint density at radius 1 is 0.917 bits per heavy atom. The summed E-state index contributed by atoms with van der Waals surface area (Å²) in [5.74, 6) is -0.0870. The van der Waals surface area contributed by atoms with Gasteiger partial charge in [0.05, 0.1) is 5.75 Å². The number of amides is 2. The molecule has 0 bridgehead atoms. The average Bonchev–Trinajstić information content (AvgIpc) is 2.83. The molecule has 0 radical (unpaired) electrons. The molecule has 0 saturated carbocycles. The summed E-state index contributed by atoms with van der Waals surface area (Å²) in [5, 5.41) is 3.07. The maximum atomic E-state index is 14.1. The summed E-state index contributed by atoms with van der Waals surface area (Å²) < 4.78 is 14.1. The van der Waals surface area contributed by atoms with Crippen LogP contribution in [0.15, 0.2) is 78.9 Å². The topological polar surface area (TPSA) is 49.4 Å². The van der Waals surface area contributed by atoms with Crippen LogP contribution < -0.4 is 5.32 Å². The summed E-state index contributed by atoms with van der Waals surface area (Å²) in [5.41, 5.74) is 3.18. The third-order valence-corrected chi connectivity index (χ3v) is 6.65. The van der Waals surface area contributed by atoms with Crippen molar-refractivity contribution in [1.82, 2.24) is 10.2 Å². The van der Waals surface area contributed by atoms with Gasteiger partial charge in [0.15, 0.2) is 0 Å². The van der Waals surface area contributed by atoms with E-state index in [0.717, 1.165) is 16.7 Å². The minimum Gasteiger partial charge on any atom is -0.350 e. The SMILES string of the molecule is Cc1ccc(CN(C(=O)CSCc2ccccc2F)[C@H](Cc2ccccc2)C(=O)NC(C)(C)C)cc1. The fourth-order valence-corrected chi connectivity index (χ4v) is 4.74. The molecular weight excluding hydrogens is 471 g/mol. The van der Waals surface area contributed by atoms with Crippen LogP contribution in [-0.2, 0) is 28.3 Å². The second kappa shape index (κ2) is 12.7. The van der Waals surface area contributed by atoms with E-state index < -0.39 is 11.6 Å². The first-order valence-corrected chi connectivity index (χ1v) is 13.3. The van der Waals surface area contributed by atoms with Gasteiger partial charge in [-0.05, 0) is 50.5 Å². The van der Waals surface area contributed by atoms with Crippen molar-refractivity contribution in [3.8, 4) is 0 Å². The van der Waals surface area contributed by atoms with Crippen molar-refractivity contribution in [2.45, 2.75) is 58.0 Å². The molecule has 3 aromatic carbocycles. The highest BCUT2D eigenvalue weighted by molar-refractivity contribution is 7.99. The van der Waals surface area contributed by atoms with Gasteiger partial charge >= 0.3 is 0 Å². The van der Waals surface area contributed by atoms with Crippen LogP contribution in [0, 0.1) is 12.7 Å². The molecule has 0 unspecified atom stereocenters. The number of hydrogen-bond donors (Lipinski definition) is 1. The number of carbonyl (C=O) groups is 2. The van der Waals surface area contributed by atoms with Crippen LogP contribution in [0.25, 0.3) is 0 Å². The molecule has 0 aliphatic heterocycles. The van der Waals surface area contributed by atoms with Gasteiger partial charge in [-0.25, -0.2) is 4.39 Å². The van der Waals surface area contributed by atoms with E-state index in [1.807, 2.05) is 82.3 Å². The first-order valence-electron chi connectivity index (χ1n) is 12.1. The van der Waals surface area contributed by atoms with Crippen LogP contribution in [0.4, 0.5) is 4.39 Å². The summed E-state index contributed by atoms with van der Waals surface area (Å²) in [7, 11) is 0. The van der Waals surface area contributed by atoms with Gasteiger partial charge < -0.3 is 10.2 Å². The maximum Gasteiger partial charge on any atom is 0.243 e. The molecular formula is C30H35FN2O2S. The highest BCUT2D eigenvalue weighted by Gasteiger charge is 2.32. The van der Waals surface area contributed by atoms with Crippen molar-refractivity contribution in [3.05, 3.63) is 107 Å². The van der Waals surface area contributed by atoms with E-state index in [1.54, 1.807) is 23.1 Å². The molecule has 0 spiro atoms. The Kier molecular flexibility index (Phi) is 9.71. The number of carbonyl (C=O) groups excluding carboxylic acids is 2. The quantitative estimate of drug-likeness (QED) is 0.371. The monoisotopic (exact) mass is 506 g/mol. The van der Waals surface area contributed by atoms with E-state index in [2.05, 4.69) is 5.32 Å². The number of thioether (sulfide) groups is 1. The van der Waals surface area contributed by atoms with E-state index in [0.29, 0.717) is 24.3 Å². The van der Waals surface area contributed by atoms with Gasteiger partial charge in [-0.2, -0.15) is 0 Å². The zero-order valence-electron chi connectivity index (χ0n) is 21.5. The first-order chi connectivity index (χ1) is 17.1. The fraction of sp³-hybridized carbons (Fsp3) is 0.333. The minimum atomic E-state index is -0.686. The maximum absolute atomic E-state index is 14.1. The van der Waals surface area contributed by atoms with Gasteiger partial charge in [0, 0.05) is 24.3 Å². The first kappa shape index (κ1) is 27.5. The van der Waals surface area contributed by atoms with Crippen LogP contribution in [0.3, 0.4) is 0 Å². The van der Waals surface area contributed by atoms with Crippen molar-refractivity contribution in [3.63, 3.8) is 0 Å². The van der Waals surface area contributed by atoms with Crippen molar-refractivity contribution in [2.75, 3.05) is 5.75 Å². The average molecular weight is 507 g/mol. The summed E-state index contributed by atoms with van der Waals surface area (Å²) in [6.07, 6.45) is 0.401. The molecule has 0 fully saturated rings. The van der Waals surface area contributed by atoms with Crippen LogP contribution >= 0.6 is 11.8 Å². The van der Waals surface area contributed by atoms with Gasteiger partial charge in [0.1, 0.15) is 11.9 Å². The molecule has 6 heteroatoms. The Morgan fingerprint density at radius 2 is 1.56 bits per heavy atom. The summed E-state index contributed by atoms with van der Waals surface area (Å²) in [6.45, 7) is 8.12. The number of hydrogen-bond acceptors (Lipinski definition) is 3. The fourth-order valence-electron chi connectivity index (χ4n) is 3.84. The summed E-state index contributed by atoms with van der Waals surface area (Å²) in [4.78, 5) is 28.8. The second-order valence-corrected chi connectivity index (χ2v) is 11.0. The lowest BCUT2D eigenvalue weighted by Crippen LogP contribution is -2.54. The molecule has 1 atom stereocenters. The van der Waals surface area contributed by atoms with E-state index in [1.165, 1.54) is 17.8 Å². The predicted molar refractivity (Wildman–Crippen MR) is 146 cm³/mol. The van der Waals surface area contributed by atoms with Gasteiger partial charge in [-0.1, -0.05) is 78.4 Å². The van der Waals surface area contributed by atoms with Gasteiger partial charge in [-0.3, -0.25) is 9.59 Å². The van der Waals surface area contributed by atoms with Crippen molar-refractivity contribution < 1.29 is 14.0 Å². The lowest BCUT2D eigenvalue weighted by Gasteiger charge is -2.34. The van der Waals surface area contributed by atoms with Crippen LogP contribution in [0.2, 0.25) is 0 Å². The van der Waals surface area contributed by atoms with Gasteiger partial charge in [0.25, 0.3) is 0 Å². The standard InChI is InChI=1S/C30H35FN2O2S/c1-22-14-16-24(17-15-22)19-33(28(34)21-36-20-25-12-8-9-13-26(25)31)27(29(35)32-30(2,3)4)18-23-10-6-5-7-11-23/h5-17,27H,18-21H2,1-4H3,(H,32,35)/t27-/m1/s1. The third kappa shape index (κ3) is 8.52. The predicted octanol–water partition coefficient (Wildman–Crippen LogP) is 5.92. The Hall–Kier alpha value is -3.12. The molecule has 1 N–H and O–H groups in total. The summed E-state index contributed by atoms with van der Waals surface area (Å²) >= 11 is 1.36. The molecule has 2 amide bonds. The number of nitrogens with one attached hydrogen (secondary N) is 1. The third-order valence-electron chi connectivity index (χ3n) is 5.68. The number of nitrogens with zero attached hydrogens (tertiary/aromatic N) is 1. The van der Waals surface area contributed by atoms with E-state index in [-0.39, 0.29) is 23.4 Å². The number of aryl methyl sites for hydroxylation is 1. The molecule has 36 heavy (non-hydrogen) atoms. The lowest BCUT2D eigenvalue weighted by molar-refractivity contribution is -0.140. The zero-order valence-corrected chi connectivity index (χ0v) is 22.3. The van der Waals surface area contributed by atoms with Gasteiger partial charge in [-0.15, -0.1) is 11.8 Å². The molecule has 0 aliphatic rings. The Labute approximate surface area is 218 Å². The molecule has 190 valence electrons. The molecule has 0 heterocycles. The molecule has 0 saturated heterocycles. The molecule has 0 aliphatic carbocycles. The summed E-state index contributed by atoms with van der Waals surface area (Å²) in [6, 6.07) is 23.6. The van der Waals surface area contributed by atoms with Crippen molar-refractivity contribution >= 4 is 23.6 Å². The molecule has 3 aromatic rings. The van der Waals surface area contributed by atoms with E-state index >= 15 is 0 Å². The van der Waals surface area contributed by atoms with Crippen LogP contribution in [0.5, 0.6) is 0 Å². The lowest BCUT2D eigenvalue weighted by atomic mass is 10.0. The van der Waals surface area contributed by atoms with Crippen LogP contribution in [0.1, 0.15) is 43.0 Å². The van der Waals surface area contributed by atoms with E-state index in [4.69, 9.17) is 0 Å². The number of benzene rings is 3. The van der Waals surface area contributed by atoms with Gasteiger partial charge in [0.2, 0.25) is 11.8 Å². The molecule has 4 nitrogen and oxygen atoms in total. The minimum absolute atomic E-state index is 0.147. The van der Waals surface area contributed by atoms with E-state index in [9.17, 15) is 14.0 Å². The van der Waals surface area contributed by atoms with Crippen LogP contribution in [-0.4, -0.2) is 34.0 Å². The zero-order chi connectivity index (χ0) is 26.1. The normalized spacial score (nSPS) is 12.1. The Balaban J connectivity index is 1.87. The largest absolute Gasteiger partial charge is 0.350 e. The van der Waals surface area contributed by atoms with Crippen molar-refractivity contribution in [1.29, 1.82) is 0 Å². The second-order valence-electron chi connectivity index (χ2n) is 10.0. The Bertz CT molecular complexity index is 1140. The van der Waals surface area contributed by atoms with Crippen molar-refractivity contribution in [2.24, 2.45) is 0 Å².